The van der Waals surface area contributed by atoms with Gasteiger partial charge >= 0.3 is 5.97 Å². The Balaban J connectivity index is 1.25. The van der Waals surface area contributed by atoms with E-state index in [1.54, 1.807) is 31.5 Å². The first-order valence-corrected chi connectivity index (χ1v) is 14.8. The van der Waals surface area contributed by atoms with Crippen LogP contribution in [-0.4, -0.2) is 85.5 Å². The van der Waals surface area contributed by atoms with Gasteiger partial charge in [-0.05, 0) is 62.5 Å². The molecule has 0 amide bonds. The van der Waals surface area contributed by atoms with Crippen molar-refractivity contribution >= 4 is 16.9 Å². The molecule has 3 heterocycles. The third-order valence-corrected chi connectivity index (χ3v) is 8.79. The van der Waals surface area contributed by atoms with Crippen molar-refractivity contribution in [1.29, 1.82) is 0 Å². The van der Waals surface area contributed by atoms with Gasteiger partial charge in [-0.3, -0.25) is 19.6 Å². The molecule has 2 aromatic carbocycles. The predicted molar refractivity (Wildman–Crippen MR) is 155 cm³/mol. The molecule has 0 aliphatic carbocycles. The Morgan fingerprint density at radius 1 is 1.05 bits per heavy atom. The van der Waals surface area contributed by atoms with Crippen LogP contribution in [0.15, 0.2) is 36.5 Å². The number of aliphatic carboxylic acids is 1. The van der Waals surface area contributed by atoms with Gasteiger partial charge < -0.3 is 19.3 Å². The number of ether oxygens (including phenoxy) is 3. The maximum absolute atomic E-state index is 16.4. The molecule has 0 bridgehead atoms. The Labute approximate surface area is 253 Å². The fourth-order valence-corrected chi connectivity index (χ4v) is 6.09. The van der Waals surface area contributed by atoms with Crippen molar-refractivity contribution in [3.63, 3.8) is 0 Å². The molecular weight excluding hydrogens is 582 g/mol. The molecule has 2 fully saturated rings. The van der Waals surface area contributed by atoms with Gasteiger partial charge in [0.15, 0.2) is 17.5 Å². The second-order valence-electron chi connectivity index (χ2n) is 11.5. The molecular formula is C32H37F4N3O5. The highest BCUT2D eigenvalue weighted by Gasteiger charge is 2.42. The standard InChI is InChI=1S/C32H37F4N3O5/c1-42-22-2-3-28-24(16-22)29(21(19-37-28)20-39-10-13-43-14-11-39)25(33)4-5-32(31(40)41)6-8-38(9-7-32)12-15-44-23-17-26(34)30(36)27(35)18-23/h2-3,16-19,25H,4-15,20H2,1H3,(H,40,41)/t25-/m1/s1. The Kier molecular flexibility index (Phi) is 10.2. The number of halogens is 4. The van der Waals surface area contributed by atoms with E-state index in [0.29, 0.717) is 74.5 Å². The molecule has 2 saturated heterocycles. The van der Waals surface area contributed by atoms with Gasteiger partial charge in [-0.2, -0.15) is 0 Å². The van der Waals surface area contributed by atoms with Crippen LogP contribution in [-0.2, 0) is 16.1 Å². The van der Waals surface area contributed by atoms with Gasteiger partial charge in [-0.1, -0.05) is 0 Å². The minimum Gasteiger partial charge on any atom is -0.497 e. The number of hydrogen-bond donors (Lipinski definition) is 1. The molecule has 12 heteroatoms. The van der Waals surface area contributed by atoms with Crippen molar-refractivity contribution in [2.75, 3.05) is 59.7 Å². The summed E-state index contributed by atoms with van der Waals surface area (Å²) in [6.45, 7) is 4.54. The van der Waals surface area contributed by atoms with Crippen LogP contribution < -0.4 is 9.47 Å². The molecule has 5 rings (SSSR count). The molecule has 238 valence electrons. The highest BCUT2D eigenvalue weighted by Crippen LogP contribution is 2.42. The van der Waals surface area contributed by atoms with Gasteiger partial charge in [-0.25, -0.2) is 17.6 Å². The third-order valence-electron chi connectivity index (χ3n) is 8.79. The summed E-state index contributed by atoms with van der Waals surface area (Å²) >= 11 is 0. The highest BCUT2D eigenvalue weighted by molar-refractivity contribution is 5.85. The van der Waals surface area contributed by atoms with Crippen LogP contribution >= 0.6 is 0 Å². The van der Waals surface area contributed by atoms with Crippen molar-refractivity contribution in [1.82, 2.24) is 14.8 Å². The third kappa shape index (κ3) is 7.24. The summed E-state index contributed by atoms with van der Waals surface area (Å²) in [5.41, 5.74) is 0.837. The minimum absolute atomic E-state index is 0.0313. The van der Waals surface area contributed by atoms with Crippen molar-refractivity contribution in [3.8, 4) is 11.5 Å². The highest BCUT2D eigenvalue weighted by atomic mass is 19.2. The van der Waals surface area contributed by atoms with E-state index in [2.05, 4.69) is 9.88 Å². The lowest BCUT2D eigenvalue weighted by atomic mass is 9.74. The van der Waals surface area contributed by atoms with Crippen molar-refractivity contribution in [3.05, 3.63) is 65.1 Å². The quantitative estimate of drug-likeness (QED) is 0.209. The summed E-state index contributed by atoms with van der Waals surface area (Å²) in [7, 11) is 1.55. The number of benzene rings is 2. The molecule has 0 radical (unpaired) electrons. The number of fused-ring (bicyclic) bond motifs is 1. The van der Waals surface area contributed by atoms with E-state index >= 15 is 4.39 Å². The lowest BCUT2D eigenvalue weighted by Crippen LogP contribution is -2.45. The molecule has 44 heavy (non-hydrogen) atoms. The van der Waals surface area contributed by atoms with Gasteiger partial charge in [-0.15, -0.1) is 0 Å². The molecule has 0 spiro atoms. The van der Waals surface area contributed by atoms with Crippen LogP contribution in [0.5, 0.6) is 11.5 Å². The van der Waals surface area contributed by atoms with Crippen molar-refractivity contribution in [2.45, 2.75) is 38.4 Å². The van der Waals surface area contributed by atoms with Crippen LogP contribution in [0.4, 0.5) is 17.6 Å². The lowest BCUT2D eigenvalue weighted by molar-refractivity contribution is -0.153. The second kappa shape index (κ2) is 14.1. The zero-order chi connectivity index (χ0) is 31.3. The van der Waals surface area contributed by atoms with Crippen LogP contribution in [0.25, 0.3) is 10.9 Å². The number of pyridine rings is 1. The average Bonchev–Trinajstić information content (AvgIpc) is 3.03. The monoisotopic (exact) mass is 619 g/mol. The molecule has 0 saturated carbocycles. The number of carbonyl (C=O) groups is 1. The van der Waals surface area contributed by atoms with E-state index in [0.717, 1.165) is 30.8 Å². The Morgan fingerprint density at radius 2 is 1.75 bits per heavy atom. The van der Waals surface area contributed by atoms with E-state index < -0.39 is 35.0 Å². The number of hydrogen-bond acceptors (Lipinski definition) is 7. The SMILES string of the molecule is COc1ccc2ncc(CN3CCOCC3)c([C@H](F)CCC3(C(=O)O)CCN(CCOc4cc(F)c(F)c(F)c4)CC3)c2c1. The van der Waals surface area contributed by atoms with Gasteiger partial charge in [0.25, 0.3) is 0 Å². The second-order valence-corrected chi connectivity index (χ2v) is 11.5. The zero-order valence-electron chi connectivity index (χ0n) is 24.7. The van der Waals surface area contributed by atoms with E-state index in [1.165, 1.54) is 0 Å². The smallest absolute Gasteiger partial charge is 0.309 e. The number of methoxy groups -OCH3 is 1. The van der Waals surface area contributed by atoms with Gasteiger partial charge in [0.2, 0.25) is 0 Å². The number of nitrogens with zero attached hydrogens (tertiary/aromatic N) is 3. The number of likely N-dealkylation sites (tertiary alicyclic amines) is 1. The molecule has 8 nitrogen and oxygen atoms in total. The molecule has 3 aromatic rings. The summed E-state index contributed by atoms with van der Waals surface area (Å²) in [4.78, 5) is 21.3. The Morgan fingerprint density at radius 3 is 2.41 bits per heavy atom. The summed E-state index contributed by atoms with van der Waals surface area (Å²) in [5, 5.41) is 10.9. The fraction of sp³-hybridized carbons (Fsp3) is 0.500. The first-order chi connectivity index (χ1) is 21.2. The summed E-state index contributed by atoms with van der Waals surface area (Å²) in [5.74, 6) is -4.71. The van der Waals surface area contributed by atoms with Crippen molar-refractivity contribution in [2.24, 2.45) is 5.41 Å². The molecule has 2 aliphatic rings. The normalized spacial score (nSPS) is 18.3. The van der Waals surface area contributed by atoms with E-state index in [9.17, 15) is 23.1 Å². The molecule has 2 aliphatic heterocycles. The molecule has 1 atom stereocenters. The number of carboxylic acids is 1. The van der Waals surface area contributed by atoms with Gasteiger partial charge in [0.05, 0.1) is 31.3 Å². The number of morpholine rings is 1. The number of piperidine rings is 1. The number of aromatic nitrogens is 1. The minimum atomic E-state index is -1.56. The average molecular weight is 620 g/mol. The lowest BCUT2D eigenvalue weighted by Gasteiger charge is -2.39. The molecule has 1 aromatic heterocycles. The molecule has 0 unspecified atom stereocenters. The maximum Gasteiger partial charge on any atom is 0.309 e. The summed E-state index contributed by atoms with van der Waals surface area (Å²) in [6, 6.07) is 6.93. The molecule has 1 N–H and O–H groups in total. The van der Waals surface area contributed by atoms with E-state index in [4.69, 9.17) is 14.2 Å². The topological polar surface area (TPSA) is 84.4 Å². The van der Waals surface area contributed by atoms with Crippen LogP contribution in [0, 0.1) is 22.9 Å². The van der Waals surface area contributed by atoms with Crippen LogP contribution in [0.1, 0.15) is 43.0 Å². The van der Waals surface area contributed by atoms with Gasteiger partial charge in [0.1, 0.15) is 24.3 Å². The predicted octanol–water partition coefficient (Wildman–Crippen LogP) is 5.53. The Hall–Kier alpha value is -3.48. The van der Waals surface area contributed by atoms with Crippen LogP contribution in [0.3, 0.4) is 0 Å². The largest absolute Gasteiger partial charge is 0.497 e. The first kappa shape index (κ1) is 31.9. The van der Waals surface area contributed by atoms with Crippen LogP contribution in [0.2, 0.25) is 0 Å². The van der Waals surface area contributed by atoms with Gasteiger partial charge in [0, 0.05) is 55.5 Å². The first-order valence-electron chi connectivity index (χ1n) is 14.8. The van der Waals surface area contributed by atoms with Crippen molar-refractivity contribution < 1.29 is 41.7 Å². The zero-order valence-corrected chi connectivity index (χ0v) is 24.7. The van der Waals surface area contributed by atoms with E-state index in [-0.39, 0.29) is 25.2 Å². The summed E-state index contributed by atoms with van der Waals surface area (Å²) < 4.78 is 72.7. The number of alkyl halides is 1. The maximum atomic E-state index is 16.4. The fourth-order valence-electron chi connectivity index (χ4n) is 6.09. The number of carboxylic acid groups (broad SMARTS) is 1. The van der Waals surface area contributed by atoms with E-state index in [1.807, 2.05) is 4.90 Å². The number of rotatable bonds is 12. The summed E-state index contributed by atoms with van der Waals surface area (Å²) in [6.07, 6.45) is 1.13. The Bertz CT molecular complexity index is 1440.